The molecule has 2 fully saturated rings. The van der Waals surface area contributed by atoms with E-state index in [4.69, 9.17) is 14.5 Å². The minimum atomic E-state index is 0. The number of guanidine groups is 1. The molecule has 1 N–H and O–H groups in total. The van der Waals surface area contributed by atoms with Gasteiger partial charge in [0.1, 0.15) is 0 Å². The Morgan fingerprint density at radius 3 is 2.61 bits per heavy atom. The van der Waals surface area contributed by atoms with Crippen molar-refractivity contribution in [3.63, 3.8) is 0 Å². The van der Waals surface area contributed by atoms with E-state index in [1.54, 1.807) is 7.11 Å². The summed E-state index contributed by atoms with van der Waals surface area (Å²) in [5, 5.41) is 3.39. The molecule has 0 radical (unpaired) electrons. The minimum absolute atomic E-state index is 0. The number of hydrogen-bond donors (Lipinski definition) is 1. The number of halogens is 1. The molecule has 0 unspecified atom stereocenters. The van der Waals surface area contributed by atoms with Crippen molar-refractivity contribution in [2.24, 2.45) is 16.3 Å². The Morgan fingerprint density at radius 1 is 1.30 bits per heavy atom. The van der Waals surface area contributed by atoms with Gasteiger partial charge < -0.3 is 19.7 Å². The molecule has 2 aliphatic carbocycles. The van der Waals surface area contributed by atoms with Crippen molar-refractivity contribution >= 4 is 29.9 Å². The lowest BCUT2D eigenvalue weighted by atomic mass is 10.0. The van der Waals surface area contributed by atoms with Crippen molar-refractivity contribution in [3.8, 4) is 0 Å². The second-order valence-corrected chi connectivity index (χ2v) is 6.85. The van der Waals surface area contributed by atoms with Gasteiger partial charge in [-0.1, -0.05) is 0 Å². The van der Waals surface area contributed by atoms with Gasteiger partial charge in [0, 0.05) is 47.0 Å². The zero-order chi connectivity index (χ0) is 15.8. The zero-order valence-electron chi connectivity index (χ0n) is 15.0. The number of rotatable bonds is 11. The first-order valence-corrected chi connectivity index (χ1v) is 8.75. The van der Waals surface area contributed by atoms with Crippen LogP contribution in [0.5, 0.6) is 0 Å². The van der Waals surface area contributed by atoms with Gasteiger partial charge in [-0.05, 0) is 50.4 Å². The summed E-state index contributed by atoms with van der Waals surface area (Å²) >= 11 is 0. The summed E-state index contributed by atoms with van der Waals surface area (Å²) in [7, 11) is 3.87. The second kappa shape index (κ2) is 10.7. The molecule has 0 atom stereocenters. The number of ether oxygens (including phenoxy) is 2. The Morgan fingerprint density at radius 2 is 2.04 bits per heavy atom. The van der Waals surface area contributed by atoms with Gasteiger partial charge in [-0.25, -0.2) is 0 Å². The predicted molar refractivity (Wildman–Crippen MR) is 106 cm³/mol. The highest BCUT2D eigenvalue weighted by molar-refractivity contribution is 14.0. The van der Waals surface area contributed by atoms with Gasteiger partial charge in [-0.15, -0.1) is 24.0 Å². The van der Waals surface area contributed by atoms with Crippen LogP contribution in [0.25, 0.3) is 0 Å². The van der Waals surface area contributed by atoms with Crippen LogP contribution in [0, 0.1) is 11.3 Å². The highest BCUT2D eigenvalue weighted by Crippen LogP contribution is 2.48. The van der Waals surface area contributed by atoms with Crippen LogP contribution < -0.4 is 5.32 Å². The van der Waals surface area contributed by atoms with Crippen LogP contribution in [0.2, 0.25) is 0 Å². The number of methoxy groups -OCH3 is 1. The topological polar surface area (TPSA) is 46.1 Å². The van der Waals surface area contributed by atoms with Gasteiger partial charge in [-0.2, -0.15) is 0 Å². The van der Waals surface area contributed by atoms with E-state index in [9.17, 15) is 0 Å². The predicted octanol–water partition coefficient (Wildman–Crippen LogP) is 2.75. The third kappa shape index (κ3) is 8.03. The lowest BCUT2D eigenvalue weighted by Crippen LogP contribution is -2.41. The van der Waals surface area contributed by atoms with Crippen LogP contribution in [0.15, 0.2) is 4.99 Å². The summed E-state index contributed by atoms with van der Waals surface area (Å²) < 4.78 is 10.9. The molecule has 0 heterocycles. The van der Waals surface area contributed by atoms with Crippen molar-refractivity contribution in [3.05, 3.63) is 0 Å². The largest absolute Gasteiger partial charge is 0.385 e. The Bertz CT molecular complexity index is 358. The van der Waals surface area contributed by atoms with Crippen LogP contribution in [0.1, 0.15) is 39.0 Å². The van der Waals surface area contributed by atoms with Gasteiger partial charge >= 0.3 is 0 Å². The van der Waals surface area contributed by atoms with Crippen molar-refractivity contribution in [1.29, 1.82) is 0 Å². The molecule has 0 amide bonds. The van der Waals surface area contributed by atoms with E-state index in [0.29, 0.717) is 5.41 Å². The van der Waals surface area contributed by atoms with Crippen LogP contribution in [-0.4, -0.2) is 64.5 Å². The molecule has 2 saturated carbocycles. The van der Waals surface area contributed by atoms with E-state index in [1.165, 1.54) is 25.7 Å². The molecule has 0 aliphatic heterocycles. The molecular formula is C17H34IN3O2. The van der Waals surface area contributed by atoms with Crippen molar-refractivity contribution in [1.82, 2.24) is 10.2 Å². The average molecular weight is 439 g/mol. The van der Waals surface area contributed by atoms with E-state index in [0.717, 1.165) is 57.8 Å². The fourth-order valence-corrected chi connectivity index (χ4v) is 2.54. The molecule has 0 aromatic heterocycles. The molecule has 0 aromatic carbocycles. The molecular weight excluding hydrogens is 405 g/mol. The van der Waals surface area contributed by atoms with Crippen molar-refractivity contribution < 1.29 is 9.47 Å². The van der Waals surface area contributed by atoms with Gasteiger partial charge in [0.25, 0.3) is 0 Å². The summed E-state index contributed by atoms with van der Waals surface area (Å²) in [4.78, 5) is 7.03. The fourth-order valence-electron chi connectivity index (χ4n) is 2.54. The first kappa shape index (κ1) is 21.0. The van der Waals surface area contributed by atoms with E-state index < -0.39 is 0 Å². The quantitative estimate of drug-likeness (QED) is 0.233. The fraction of sp³-hybridized carbons (Fsp3) is 0.941. The first-order chi connectivity index (χ1) is 10.7. The van der Waals surface area contributed by atoms with Crippen LogP contribution in [0.3, 0.4) is 0 Å². The smallest absolute Gasteiger partial charge is 0.193 e. The summed E-state index contributed by atoms with van der Waals surface area (Å²) in [6, 6.07) is 0. The Labute approximate surface area is 158 Å². The van der Waals surface area contributed by atoms with Gasteiger partial charge in [0.15, 0.2) is 5.96 Å². The number of nitrogens with one attached hydrogen (secondary N) is 1. The normalized spacial score (nSPS) is 19.2. The van der Waals surface area contributed by atoms with E-state index in [1.807, 2.05) is 0 Å². The standard InChI is InChI=1S/C17H33N3O2.HI/c1-4-18-16(19-14-17(7-8-17)9-11-21-3)20(2)10-12-22-13-15-5-6-15;/h15H,4-14H2,1-3H3,(H,18,19);1H. The number of hydrogen-bond acceptors (Lipinski definition) is 3. The molecule has 136 valence electrons. The van der Waals surface area contributed by atoms with E-state index >= 15 is 0 Å². The highest BCUT2D eigenvalue weighted by atomic mass is 127. The van der Waals surface area contributed by atoms with Gasteiger partial charge in [-0.3, -0.25) is 4.99 Å². The van der Waals surface area contributed by atoms with Crippen LogP contribution in [-0.2, 0) is 9.47 Å². The summed E-state index contributed by atoms with van der Waals surface area (Å²) in [5.41, 5.74) is 0.403. The number of likely N-dealkylation sites (N-methyl/N-ethyl adjacent to an activating group) is 1. The maximum Gasteiger partial charge on any atom is 0.193 e. The average Bonchev–Trinajstić information content (AvgIpc) is 3.42. The maximum atomic E-state index is 5.73. The summed E-state index contributed by atoms with van der Waals surface area (Å²) in [6.45, 7) is 7.38. The van der Waals surface area contributed by atoms with Gasteiger partial charge in [0.05, 0.1) is 6.61 Å². The second-order valence-electron chi connectivity index (χ2n) is 6.85. The third-order valence-electron chi connectivity index (χ3n) is 4.68. The van der Waals surface area contributed by atoms with E-state index in [2.05, 4.69) is 24.2 Å². The molecule has 6 heteroatoms. The third-order valence-corrected chi connectivity index (χ3v) is 4.68. The molecule has 0 spiro atoms. The van der Waals surface area contributed by atoms with E-state index in [-0.39, 0.29) is 24.0 Å². The van der Waals surface area contributed by atoms with Gasteiger partial charge in [0.2, 0.25) is 0 Å². The molecule has 0 saturated heterocycles. The Balaban J connectivity index is 0.00000264. The number of nitrogens with zero attached hydrogens (tertiary/aromatic N) is 2. The zero-order valence-corrected chi connectivity index (χ0v) is 17.3. The molecule has 0 bridgehead atoms. The lowest BCUT2D eigenvalue weighted by molar-refractivity contribution is 0.115. The van der Waals surface area contributed by atoms with Crippen LogP contribution >= 0.6 is 24.0 Å². The Kier molecular flexibility index (Phi) is 9.77. The summed E-state index contributed by atoms with van der Waals surface area (Å²) in [5.74, 6) is 1.84. The van der Waals surface area contributed by atoms with Crippen LogP contribution in [0.4, 0.5) is 0 Å². The Hall–Kier alpha value is -0.0800. The molecule has 0 aromatic rings. The minimum Gasteiger partial charge on any atom is -0.385 e. The lowest BCUT2D eigenvalue weighted by Gasteiger charge is -2.23. The SMILES string of the molecule is CCNC(=NCC1(CCOC)CC1)N(C)CCOCC1CC1.I. The molecule has 5 nitrogen and oxygen atoms in total. The van der Waals surface area contributed by atoms with Crippen molar-refractivity contribution in [2.75, 3.05) is 53.6 Å². The first-order valence-electron chi connectivity index (χ1n) is 8.75. The van der Waals surface area contributed by atoms with Crippen molar-refractivity contribution in [2.45, 2.75) is 39.0 Å². The monoisotopic (exact) mass is 439 g/mol. The maximum absolute atomic E-state index is 5.73. The molecule has 23 heavy (non-hydrogen) atoms. The molecule has 2 aliphatic rings. The highest BCUT2D eigenvalue weighted by Gasteiger charge is 2.41. The summed E-state index contributed by atoms with van der Waals surface area (Å²) in [6.07, 6.45) is 6.40. The number of aliphatic imine (C=N–C) groups is 1. The molecule has 2 rings (SSSR count).